The Hall–Kier alpha value is -4.47. The van der Waals surface area contributed by atoms with Gasteiger partial charge in [0, 0.05) is 49.6 Å². The highest BCUT2D eigenvalue weighted by Crippen LogP contribution is 2.47. The number of carbonyl (C=O) groups is 3. The molecule has 0 radical (unpaired) electrons. The number of nitrogens with zero attached hydrogens (tertiary/aromatic N) is 3. The fourth-order valence-electron chi connectivity index (χ4n) is 5.99. The molecule has 5 rings (SSSR count). The first-order chi connectivity index (χ1) is 21.3. The first-order valence-corrected chi connectivity index (χ1v) is 15.0. The van der Waals surface area contributed by atoms with Crippen molar-refractivity contribution in [1.82, 2.24) is 4.90 Å². The first-order valence-electron chi connectivity index (χ1n) is 15.0. The van der Waals surface area contributed by atoms with E-state index < -0.39 is 17.4 Å². The smallest absolute Gasteiger partial charge is 0.264 e. The lowest BCUT2D eigenvalue weighted by molar-refractivity contribution is -0.139. The van der Waals surface area contributed by atoms with E-state index >= 15 is 0 Å². The average Bonchev–Trinajstić information content (AvgIpc) is 3.56. The Morgan fingerprint density at radius 2 is 1.84 bits per heavy atom. The molecule has 0 aromatic heterocycles. The third-order valence-corrected chi connectivity index (χ3v) is 8.43. The molecule has 3 aromatic rings. The van der Waals surface area contributed by atoms with Gasteiger partial charge in [0.1, 0.15) is 5.75 Å². The molecule has 9 nitrogen and oxygen atoms in total. The van der Waals surface area contributed by atoms with E-state index in [2.05, 4.69) is 0 Å². The molecule has 9 heteroatoms. The molecular formula is C35H39N3O6. The van der Waals surface area contributed by atoms with Crippen LogP contribution in [0.4, 0.5) is 11.4 Å². The molecule has 0 aliphatic carbocycles. The predicted octanol–water partition coefficient (Wildman–Crippen LogP) is 4.16. The third-order valence-electron chi connectivity index (χ3n) is 8.43. The quantitative estimate of drug-likeness (QED) is 0.304. The number of anilines is 2. The summed E-state index contributed by atoms with van der Waals surface area (Å²) < 4.78 is 5.43. The van der Waals surface area contributed by atoms with Crippen molar-refractivity contribution < 1.29 is 29.3 Å². The summed E-state index contributed by atoms with van der Waals surface area (Å²) in [6.45, 7) is 3.06. The second kappa shape index (κ2) is 13.4. The lowest BCUT2D eigenvalue weighted by Crippen LogP contribution is -2.44. The van der Waals surface area contributed by atoms with Crippen molar-refractivity contribution in [2.24, 2.45) is 5.92 Å². The van der Waals surface area contributed by atoms with Crippen molar-refractivity contribution in [1.29, 1.82) is 0 Å². The number of carbonyl (C=O) groups excluding carboxylic acids is 3. The average molecular weight is 598 g/mol. The minimum absolute atomic E-state index is 0.0537. The largest absolute Gasteiger partial charge is 0.497 e. The number of hydrogen-bond acceptors (Lipinski definition) is 6. The summed E-state index contributed by atoms with van der Waals surface area (Å²) in [5.41, 5.74) is 1.71. The van der Waals surface area contributed by atoms with Gasteiger partial charge in [-0.15, -0.1) is 0 Å². The van der Waals surface area contributed by atoms with Crippen LogP contribution in [0.3, 0.4) is 0 Å². The van der Waals surface area contributed by atoms with Crippen molar-refractivity contribution in [3.63, 3.8) is 0 Å². The number of benzene rings is 3. The number of hydrogen-bond donors (Lipinski definition) is 2. The maximum absolute atomic E-state index is 14.1. The maximum atomic E-state index is 14.1. The van der Waals surface area contributed by atoms with Gasteiger partial charge in [0.15, 0.2) is 5.60 Å². The monoisotopic (exact) mass is 597 g/mol. The van der Waals surface area contributed by atoms with E-state index in [1.807, 2.05) is 54.6 Å². The molecule has 2 N–H and O–H groups in total. The number of aliphatic hydroxyl groups is 2. The van der Waals surface area contributed by atoms with Gasteiger partial charge < -0.3 is 29.6 Å². The highest BCUT2D eigenvalue weighted by Gasteiger charge is 2.52. The summed E-state index contributed by atoms with van der Waals surface area (Å²) in [6, 6.07) is 22.4. The molecule has 230 valence electrons. The van der Waals surface area contributed by atoms with Crippen LogP contribution in [-0.2, 0) is 33.1 Å². The summed E-state index contributed by atoms with van der Waals surface area (Å²) in [7, 11) is 1.53. The van der Waals surface area contributed by atoms with Gasteiger partial charge in [0.25, 0.3) is 5.91 Å². The number of ether oxygens (including phenoxy) is 1. The summed E-state index contributed by atoms with van der Waals surface area (Å²) in [6.07, 6.45) is 4.77. The highest BCUT2D eigenvalue weighted by atomic mass is 16.5. The van der Waals surface area contributed by atoms with Crippen LogP contribution in [-0.4, -0.2) is 59.6 Å². The Bertz CT molecular complexity index is 1540. The summed E-state index contributed by atoms with van der Waals surface area (Å²) in [5, 5.41) is 21.6. The number of amides is 3. The van der Waals surface area contributed by atoms with Gasteiger partial charge in [-0.1, -0.05) is 61.5 Å². The molecule has 2 atom stereocenters. The molecule has 44 heavy (non-hydrogen) atoms. The number of fused-ring (bicyclic) bond motifs is 1. The maximum Gasteiger partial charge on any atom is 0.264 e. The van der Waals surface area contributed by atoms with Crippen molar-refractivity contribution >= 4 is 29.1 Å². The van der Waals surface area contributed by atoms with Crippen LogP contribution in [0.15, 0.2) is 84.9 Å². The van der Waals surface area contributed by atoms with Crippen molar-refractivity contribution in [2.75, 3.05) is 36.6 Å². The van der Waals surface area contributed by atoms with Gasteiger partial charge in [0.2, 0.25) is 11.8 Å². The van der Waals surface area contributed by atoms with Crippen LogP contribution >= 0.6 is 0 Å². The van der Waals surface area contributed by atoms with Gasteiger partial charge in [-0.05, 0) is 47.9 Å². The minimum atomic E-state index is -1.89. The Kier molecular flexibility index (Phi) is 9.46. The van der Waals surface area contributed by atoms with E-state index in [9.17, 15) is 24.6 Å². The lowest BCUT2D eigenvalue weighted by Gasteiger charge is -2.28. The summed E-state index contributed by atoms with van der Waals surface area (Å²) >= 11 is 0. The molecule has 0 unspecified atom stereocenters. The fraction of sp³-hybridized carbons (Fsp3) is 0.343. The number of methoxy groups -OCH3 is 1. The molecule has 2 aliphatic heterocycles. The molecule has 0 saturated carbocycles. The van der Waals surface area contributed by atoms with Crippen LogP contribution in [0.1, 0.15) is 42.9 Å². The summed E-state index contributed by atoms with van der Waals surface area (Å²) in [5.74, 6) is -0.718. The molecule has 1 saturated heterocycles. The molecule has 0 bridgehead atoms. The SMILES string of the molecule is COc1ccc2c(c1)[C@](O)([C@@H](C)/C=C/CC(=O)N(CCO)Cc1ccccc1)C(=O)N2Cc1cccc(N2CCCC2=O)c1. The molecule has 2 aliphatic rings. The van der Waals surface area contributed by atoms with Crippen LogP contribution in [0.5, 0.6) is 5.75 Å². The van der Waals surface area contributed by atoms with Crippen molar-refractivity contribution in [3.8, 4) is 5.75 Å². The standard InChI is InChI=1S/C35H39N3O6/c1-25(9-6-14-32(40)36(19-20-39)23-26-10-4-3-5-11-26)35(43)30-22-29(44-2)16-17-31(30)38(34(35)42)24-27-12-7-13-28(21-27)37-18-8-15-33(37)41/h3-7,9-13,16-17,21-22,25,39,43H,8,14-15,18-20,23-24H2,1-2H3/b9-6+/t25-,35+/m0/s1. The van der Waals surface area contributed by atoms with Crippen LogP contribution in [0.25, 0.3) is 0 Å². The number of aliphatic hydroxyl groups excluding tert-OH is 1. The van der Waals surface area contributed by atoms with E-state index in [-0.39, 0.29) is 37.9 Å². The zero-order valence-corrected chi connectivity index (χ0v) is 25.2. The molecule has 1 fully saturated rings. The van der Waals surface area contributed by atoms with E-state index in [0.717, 1.165) is 23.2 Å². The van der Waals surface area contributed by atoms with E-state index in [0.29, 0.717) is 36.5 Å². The lowest BCUT2D eigenvalue weighted by atomic mass is 9.83. The molecular weight excluding hydrogens is 558 g/mol. The fourth-order valence-corrected chi connectivity index (χ4v) is 5.99. The van der Waals surface area contributed by atoms with E-state index in [1.165, 1.54) is 7.11 Å². The minimum Gasteiger partial charge on any atom is -0.497 e. The molecule has 3 aromatic carbocycles. The molecule has 3 amide bonds. The second-order valence-corrected chi connectivity index (χ2v) is 11.3. The number of rotatable bonds is 12. The second-order valence-electron chi connectivity index (χ2n) is 11.3. The Morgan fingerprint density at radius 3 is 2.55 bits per heavy atom. The van der Waals surface area contributed by atoms with Crippen LogP contribution in [0, 0.1) is 5.92 Å². The van der Waals surface area contributed by atoms with Gasteiger partial charge in [-0.25, -0.2) is 0 Å². The van der Waals surface area contributed by atoms with E-state index in [1.54, 1.807) is 52.0 Å². The van der Waals surface area contributed by atoms with Crippen molar-refractivity contribution in [2.45, 2.75) is 44.9 Å². The normalized spacial score (nSPS) is 18.6. The highest BCUT2D eigenvalue weighted by molar-refractivity contribution is 6.07. The molecule has 0 spiro atoms. The molecule has 2 heterocycles. The van der Waals surface area contributed by atoms with Gasteiger partial charge >= 0.3 is 0 Å². The zero-order chi connectivity index (χ0) is 31.3. The van der Waals surface area contributed by atoms with Crippen LogP contribution in [0.2, 0.25) is 0 Å². The van der Waals surface area contributed by atoms with Crippen molar-refractivity contribution in [3.05, 3.63) is 102 Å². The van der Waals surface area contributed by atoms with Gasteiger partial charge in [0.05, 0.1) is 25.9 Å². The van der Waals surface area contributed by atoms with Gasteiger partial charge in [-0.3, -0.25) is 14.4 Å². The Labute approximate surface area is 258 Å². The van der Waals surface area contributed by atoms with E-state index in [4.69, 9.17) is 4.74 Å². The predicted molar refractivity (Wildman–Crippen MR) is 168 cm³/mol. The summed E-state index contributed by atoms with van der Waals surface area (Å²) in [4.78, 5) is 44.3. The topological polar surface area (TPSA) is 111 Å². The Balaban J connectivity index is 1.36. The first kappa shape index (κ1) is 31.0. The zero-order valence-electron chi connectivity index (χ0n) is 25.2. The van der Waals surface area contributed by atoms with Crippen LogP contribution < -0.4 is 14.5 Å². The third kappa shape index (κ3) is 6.25. The van der Waals surface area contributed by atoms with Gasteiger partial charge in [-0.2, -0.15) is 0 Å². The Morgan fingerprint density at radius 1 is 1.07 bits per heavy atom.